The van der Waals surface area contributed by atoms with Gasteiger partial charge in [0.25, 0.3) is 0 Å². The lowest BCUT2D eigenvalue weighted by molar-refractivity contribution is 0.312. The van der Waals surface area contributed by atoms with Crippen LogP contribution in [0.1, 0.15) is 0 Å². The Bertz CT molecular complexity index is 827. The van der Waals surface area contributed by atoms with Crippen LogP contribution in [0, 0.1) is 0 Å². The molecule has 2 aromatic heterocycles. The molecule has 126 valence electrons. The number of nitrogens with zero attached hydrogens (tertiary/aromatic N) is 5. The molecule has 4 rings (SSSR count). The number of pyridine rings is 1. The van der Waals surface area contributed by atoms with Crippen molar-refractivity contribution in [3.8, 4) is 22.4 Å². The van der Waals surface area contributed by atoms with Crippen molar-refractivity contribution >= 4 is 5.82 Å². The third kappa shape index (κ3) is 3.37. The van der Waals surface area contributed by atoms with Gasteiger partial charge in [-0.3, -0.25) is 4.98 Å². The lowest BCUT2D eigenvalue weighted by Gasteiger charge is -2.33. The highest BCUT2D eigenvalue weighted by atomic mass is 15.3. The number of likely N-dealkylation sites (N-methyl/N-ethyl adjacent to an activating group) is 1. The summed E-state index contributed by atoms with van der Waals surface area (Å²) in [6.45, 7) is 4.06. The van der Waals surface area contributed by atoms with Gasteiger partial charge in [0.1, 0.15) is 5.69 Å². The van der Waals surface area contributed by atoms with Crippen molar-refractivity contribution in [2.45, 2.75) is 0 Å². The zero-order valence-electron chi connectivity index (χ0n) is 14.3. The molecule has 0 amide bonds. The highest BCUT2D eigenvalue weighted by Gasteiger charge is 2.18. The molecule has 1 fully saturated rings. The maximum atomic E-state index is 4.59. The summed E-state index contributed by atoms with van der Waals surface area (Å²) in [5, 5.41) is 9.11. The second-order valence-corrected chi connectivity index (χ2v) is 6.36. The van der Waals surface area contributed by atoms with E-state index in [-0.39, 0.29) is 0 Å². The molecule has 1 saturated heterocycles. The summed E-state index contributed by atoms with van der Waals surface area (Å²) in [6, 6.07) is 16.5. The van der Waals surface area contributed by atoms with Gasteiger partial charge in [-0.25, -0.2) is 0 Å². The molecule has 1 aromatic carbocycles. The Morgan fingerprint density at radius 3 is 2.24 bits per heavy atom. The van der Waals surface area contributed by atoms with Crippen LogP contribution in [0.3, 0.4) is 0 Å². The van der Waals surface area contributed by atoms with Gasteiger partial charge in [0.05, 0.1) is 0 Å². The van der Waals surface area contributed by atoms with Crippen LogP contribution in [-0.2, 0) is 0 Å². The molecule has 0 saturated carbocycles. The molecular formula is C20H21N5. The summed E-state index contributed by atoms with van der Waals surface area (Å²) in [7, 11) is 2.16. The average Bonchev–Trinajstić information content (AvgIpc) is 2.69. The molecule has 0 radical (unpaired) electrons. The standard InChI is InChI=1S/C20H21N5/c1-24-11-13-25(14-12-24)19-15-18(16-5-3-2-4-6-16)20(23-22-19)17-7-9-21-10-8-17/h2-10,15H,11-14H2,1H3. The molecule has 0 atom stereocenters. The summed E-state index contributed by atoms with van der Waals surface area (Å²) < 4.78 is 0. The van der Waals surface area contributed by atoms with E-state index in [9.17, 15) is 0 Å². The summed E-state index contributed by atoms with van der Waals surface area (Å²) >= 11 is 0. The number of hydrogen-bond acceptors (Lipinski definition) is 5. The fraction of sp³-hybridized carbons (Fsp3) is 0.250. The van der Waals surface area contributed by atoms with E-state index in [1.807, 2.05) is 18.2 Å². The Hall–Kier alpha value is -2.79. The maximum absolute atomic E-state index is 4.59. The van der Waals surface area contributed by atoms with Crippen LogP contribution in [-0.4, -0.2) is 53.3 Å². The Morgan fingerprint density at radius 1 is 0.800 bits per heavy atom. The summed E-state index contributed by atoms with van der Waals surface area (Å²) in [5.74, 6) is 0.949. The van der Waals surface area contributed by atoms with Gasteiger partial charge in [-0.15, -0.1) is 10.2 Å². The lowest BCUT2D eigenvalue weighted by Crippen LogP contribution is -2.44. The minimum atomic E-state index is 0.895. The highest BCUT2D eigenvalue weighted by Crippen LogP contribution is 2.32. The van der Waals surface area contributed by atoms with Crippen LogP contribution in [0.5, 0.6) is 0 Å². The fourth-order valence-corrected chi connectivity index (χ4v) is 3.13. The minimum absolute atomic E-state index is 0.895. The second-order valence-electron chi connectivity index (χ2n) is 6.36. The van der Waals surface area contributed by atoms with Gasteiger partial charge in [0, 0.05) is 49.7 Å². The van der Waals surface area contributed by atoms with Gasteiger partial charge in [0.2, 0.25) is 0 Å². The predicted molar refractivity (Wildman–Crippen MR) is 100 cm³/mol. The lowest BCUT2D eigenvalue weighted by atomic mass is 10.0. The Labute approximate surface area is 148 Å². The van der Waals surface area contributed by atoms with Crippen molar-refractivity contribution in [2.75, 3.05) is 38.1 Å². The van der Waals surface area contributed by atoms with Gasteiger partial charge in [0.15, 0.2) is 5.82 Å². The number of rotatable bonds is 3. The van der Waals surface area contributed by atoms with Crippen LogP contribution in [0.4, 0.5) is 5.82 Å². The number of anilines is 1. The van der Waals surface area contributed by atoms with Crippen LogP contribution in [0.2, 0.25) is 0 Å². The average molecular weight is 331 g/mol. The van der Waals surface area contributed by atoms with Crippen molar-refractivity contribution in [2.24, 2.45) is 0 Å². The first kappa shape index (κ1) is 15.7. The van der Waals surface area contributed by atoms with Gasteiger partial charge in [-0.05, 0) is 30.8 Å². The number of hydrogen-bond donors (Lipinski definition) is 0. The third-order valence-corrected chi connectivity index (χ3v) is 4.65. The van der Waals surface area contributed by atoms with Crippen LogP contribution in [0.25, 0.3) is 22.4 Å². The molecule has 0 unspecified atom stereocenters. The molecule has 25 heavy (non-hydrogen) atoms. The summed E-state index contributed by atoms with van der Waals surface area (Å²) in [6.07, 6.45) is 3.58. The topological polar surface area (TPSA) is 45.2 Å². The van der Waals surface area contributed by atoms with E-state index in [0.717, 1.165) is 54.4 Å². The van der Waals surface area contributed by atoms with Gasteiger partial charge in [-0.1, -0.05) is 30.3 Å². The number of piperazine rings is 1. The van der Waals surface area contributed by atoms with Crippen molar-refractivity contribution in [3.05, 3.63) is 60.9 Å². The normalized spacial score (nSPS) is 15.3. The molecule has 1 aliphatic heterocycles. The summed E-state index contributed by atoms with van der Waals surface area (Å²) in [4.78, 5) is 8.77. The monoisotopic (exact) mass is 331 g/mol. The van der Waals surface area contributed by atoms with Gasteiger partial charge < -0.3 is 9.80 Å². The highest BCUT2D eigenvalue weighted by molar-refractivity contribution is 5.81. The van der Waals surface area contributed by atoms with Crippen LogP contribution >= 0.6 is 0 Å². The van der Waals surface area contributed by atoms with E-state index in [1.165, 1.54) is 0 Å². The van der Waals surface area contributed by atoms with Gasteiger partial charge >= 0.3 is 0 Å². The molecule has 0 spiro atoms. The zero-order chi connectivity index (χ0) is 17.1. The van der Waals surface area contributed by atoms with E-state index in [1.54, 1.807) is 12.4 Å². The molecule has 5 nitrogen and oxygen atoms in total. The van der Waals surface area contributed by atoms with E-state index < -0.39 is 0 Å². The van der Waals surface area contributed by atoms with Crippen molar-refractivity contribution in [1.82, 2.24) is 20.1 Å². The fourth-order valence-electron chi connectivity index (χ4n) is 3.13. The maximum Gasteiger partial charge on any atom is 0.151 e. The van der Waals surface area contributed by atoms with Crippen LogP contribution in [0.15, 0.2) is 60.9 Å². The van der Waals surface area contributed by atoms with Crippen LogP contribution < -0.4 is 4.90 Å². The largest absolute Gasteiger partial charge is 0.353 e. The number of benzene rings is 1. The Kier molecular flexibility index (Phi) is 4.39. The van der Waals surface area contributed by atoms with E-state index in [2.05, 4.69) is 62.4 Å². The second kappa shape index (κ2) is 6.99. The minimum Gasteiger partial charge on any atom is -0.353 e. The zero-order valence-corrected chi connectivity index (χ0v) is 14.3. The van der Waals surface area contributed by atoms with Crippen molar-refractivity contribution < 1.29 is 0 Å². The molecule has 0 aliphatic carbocycles. The summed E-state index contributed by atoms with van der Waals surface area (Å²) in [5.41, 5.74) is 4.19. The third-order valence-electron chi connectivity index (χ3n) is 4.65. The van der Waals surface area contributed by atoms with E-state index in [4.69, 9.17) is 0 Å². The Balaban J connectivity index is 1.78. The smallest absolute Gasteiger partial charge is 0.151 e. The molecule has 3 aromatic rings. The molecule has 3 heterocycles. The first-order valence-electron chi connectivity index (χ1n) is 8.58. The first-order chi connectivity index (χ1) is 12.3. The number of aromatic nitrogens is 3. The molecule has 5 heteroatoms. The SMILES string of the molecule is CN1CCN(c2cc(-c3ccccc3)c(-c3ccncc3)nn2)CC1. The molecule has 0 N–H and O–H groups in total. The van der Waals surface area contributed by atoms with E-state index in [0.29, 0.717) is 0 Å². The quantitative estimate of drug-likeness (QED) is 0.738. The van der Waals surface area contributed by atoms with Crippen molar-refractivity contribution in [3.63, 3.8) is 0 Å². The first-order valence-corrected chi connectivity index (χ1v) is 8.58. The molecular weight excluding hydrogens is 310 g/mol. The van der Waals surface area contributed by atoms with Gasteiger partial charge in [-0.2, -0.15) is 0 Å². The Morgan fingerprint density at radius 2 is 1.52 bits per heavy atom. The predicted octanol–water partition coefficient (Wildman–Crippen LogP) is 2.96. The molecule has 0 bridgehead atoms. The van der Waals surface area contributed by atoms with Crippen molar-refractivity contribution in [1.29, 1.82) is 0 Å². The molecule has 1 aliphatic rings. The van der Waals surface area contributed by atoms with E-state index >= 15 is 0 Å².